The molecule has 0 radical (unpaired) electrons. The minimum absolute atomic E-state index is 0. The Morgan fingerprint density at radius 2 is 1.07 bits per heavy atom. The third kappa shape index (κ3) is 50.3. The molecule has 176 valence electrons. The van der Waals surface area contributed by atoms with Crippen molar-refractivity contribution in [2.45, 2.75) is 66.3 Å². The van der Waals surface area contributed by atoms with Gasteiger partial charge in [0.25, 0.3) is 0 Å². The van der Waals surface area contributed by atoms with Crippen LogP contribution >= 0.6 is 0 Å². The zero-order valence-electron chi connectivity index (χ0n) is 19.1. The van der Waals surface area contributed by atoms with Gasteiger partial charge in [-0.25, -0.2) is 16.8 Å². The average molecular weight is 498 g/mol. The van der Waals surface area contributed by atoms with Crippen molar-refractivity contribution in [2.75, 3.05) is 37.2 Å². The first kappa shape index (κ1) is 35.8. The van der Waals surface area contributed by atoms with Crippen molar-refractivity contribution in [3.05, 3.63) is 0 Å². The van der Waals surface area contributed by atoms with E-state index >= 15 is 0 Å². The van der Waals surface area contributed by atoms with Crippen molar-refractivity contribution in [1.82, 2.24) is 4.65 Å². The summed E-state index contributed by atoms with van der Waals surface area (Å²) in [6, 6.07) is 0. The predicted octanol–water partition coefficient (Wildman–Crippen LogP) is 2.79. The lowest BCUT2D eigenvalue weighted by atomic mass is 10.9. The van der Waals surface area contributed by atoms with Crippen molar-refractivity contribution in [1.29, 1.82) is 0 Å². The van der Waals surface area contributed by atoms with Crippen molar-refractivity contribution < 1.29 is 26.4 Å². The molecule has 0 spiro atoms. The molecule has 0 aliphatic heterocycles. The molecule has 0 unspecified atom stereocenters. The zero-order chi connectivity index (χ0) is 22.7. The van der Waals surface area contributed by atoms with Crippen LogP contribution in [-0.4, -0.2) is 84.0 Å². The van der Waals surface area contributed by atoms with E-state index in [-0.39, 0.29) is 25.5 Å². The van der Waals surface area contributed by atoms with Gasteiger partial charge in [0.2, 0.25) is 0 Å². The van der Waals surface area contributed by atoms with E-state index in [0.29, 0.717) is 6.61 Å². The van der Waals surface area contributed by atoms with E-state index in [2.05, 4.69) is 43.9 Å². The molecule has 28 heavy (non-hydrogen) atoms. The molecule has 2 N–H and O–H groups in total. The quantitative estimate of drug-likeness (QED) is 0.496. The highest BCUT2D eigenvalue weighted by Gasteiger charge is 2.22. The fourth-order valence-electron chi connectivity index (χ4n) is 1.79. The monoisotopic (exact) mass is 497 g/mol. The summed E-state index contributed by atoms with van der Waals surface area (Å²) in [4.78, 5) is 0. The van der Waals surface area contributed by atoms with Crippen LogP contribution in [0, 0.1) is 0 Å². The van der Waals surface area contributed by atoms with Gasteiger partial charge >= 0.3 is 0 Å². The Hall–Kier alpha value is 0.431. The van der Waals surface area contributed by atoms with Crippen molar-refractivity contribution in [2.24, 2.45) is 0 Å². The Bertz CT molecular complexity index is 577. The van der Waals surface area contributed by atoms with Crippen LogP contribution in [0.4, 0.5) is 0 Å². The van der Waals surface area contributed by atoms with E-state index in [9.17, 15) is 16.8 Å². The number of aliphatic hydroxyl groups excluding tert-OH is 1. The molecule has 0 saturated carbocycles. The van der Waals surface area contributed by atoms with Gasteiger partial charge in [-0.05, 0) is 19.6 Å². The van der Waals surface area contributed by atoms with Gasteiger partial charge in [-0.15, -0.1) is 0 Å². The molecule has 0 amide bonds. The minimum atomic E-state index is -2.92. The Kier molecular flexibility index (Phi) is 18.5. The number of hydrogen-bond donors (Lipinski definition) is 2. The number of aliphatic hydroxyl groups is 1. The fraction of sp³-hybridized carbons (Fsp3) is 1.00. The lowest BCUT2D eigenvalue weighted by molar-refractivity contribution is 0.320. The maximum atomic E-state index is 10.7. The van der Waals surface area contributed by atoms with Gasteiger partial charge in [-0.1, -0.05) is 46.7 Å². The summed E-state index contributed by atoms with van der Waals surface area (Å²) in [5.41, 5.74) is 0. The van der Waals surface area contributed by atoms with E-state index in [0.717, 1.165) is 6.26 Å². The summed E-state index contributed by atoms with van der Waals surface area (Å²) in [5, 5.41) is 8.02. The normalized spacial score (nSPS) is 12.7. The molecule has 0 rings (SSSR count). The summed E-state index contributed by atoms with van der Waals surface area (Å²) in [6.45, 7) is 20.3. The highest BCUT2D eigenvalue weighted by atomic mass is 32.2. The molecule has 0 fully saturated rings. The zero-order valence-corrected chi connectivity index (χ0v) is 23.8. The minimum Gasteiger partial charge on any atom is -0.417 e. The molecule has 0 heterocycles. The molecule has 0 aliphatic rings. The smallest absolute Gasteiger partial charge is 0.183 e. The van der Waals surface area contributed by atoms with Gasteiger partial charge in [-0.3, -0.25) is 0 Å². The van der Waals surface area contributed by atoms with Gasteiger partial charge in [0.1, 0.15) is 36.1 Å². The molecule has 0 bridgehead atoms. The maximum Gasteiger partial charge on any atom is 0.183 e. The average Bonchev–Trinajstić information content (AvgIpc) is 2.18. The van der Waals surface area contributed by atoms with Crippen LogP contribution in [-0.2, 0) is 24.1 Å². The molecule has 0 atom stereocenters. The number of rotatable bonds is 8. The second-order valence-corrected chi connectivity index (χ2v) is 28.6. The number of sulfone groups is 2. The van der Waals surface area contributed by atoms with E-state index in [4.69, 9.17) is 9.53 Å². The number of nitrogens with one attached hydrogen (secondary N) is 1. The third-order valence-electron chi connectivity index (χ3n) is 2.20. The molecular formula is C16H47NO6S2Si3. The third-order valence-corrected chi connectivity index (χ3v) is 11.1. The van der Waals surface area contributed by atoms with Crippen LogP contribution in [0.5, 0.6) is 0 Å². The van der Waals surface area contributed by atoms with Crippen molar-refractivity contribution in [3.8, 4) is 0 Å². The molecule has 7 nitrogen and oxygen atoms in total. The number of hydrogen-bond acceptors (Lipinski definition) is 7. The van der Waals surface area contributed by atoms with Crippen molar-refractivity contribution in [3.63, 3.8) is 0 Å². The Labute approximate surface area is 178 Å². The Balaban J connectivity index is -0.000000155. The highest BCUT2D eigenvalue weighted by Crippen LogP contribution is 2.03. The van der Waals surface area contributed by atoms with Gasteiger partial charge < -0.3 is 14.2 Å². The molecule has 0 aromatic rings. The second kappa shape index (κ2) is 14.4. The van der Waals surface area contributed by atoms with E-state index in [1.165, 1.54) is 6.26 Å². The SMILES string of the molecule is C.CS(=O)(=O)CCO.C[Si](C)(C)N[Si](C)(C)C.C[Si](C)(C)OCCS(C)(=O)=O. The van der Waals surface area contributed by atoms with Crippen LogP contribution < -0.4 is 4.65 Å². The molecule has 0 saturated heterocycles. The molecule has 0 aromatic carbocycles. The van der Waals surface area contributed by atoms with Crippen LogP contribution in [0.1, 0.15) is 7.43 Å². The summed E-state index contributed by atoms with van der Waals surface area (Å²) >= 11 is 0. The topological polar surface area (TPSA) is 110 Å². The van der Waals surface area contributed by atoms with Crippen LogP contribution in [0.2, 0.25) is 58.9 Å². The van der Waals surface area contributed by atoms with E-state index < -0.39 is 44.5 Å². The predicted molar refractivity (Wildman–Crippen MR) is 132 cm³/mol. The fourth-order valence-corrected chi connectivity index (χ4v) is 12.4. The standard InChI is InChI=1S/C6H19NSi2.C6H16O3SSi.C3H8O3S.CH4/c1-8(2,3)7-9(4,5)6;1-10(7,8)6-5-9-11(2,3)4;1-7(5,6)3-2-4;/h7H,1-6H3;5-6H2,1-4H3;4H,2-3H2,1H3;1H4. The Morgan fingerprint density at radius 1 is 0.750 bits per heavy atom. The van der Waals surface area contributed by atoms with Gasteiger partial charge in [0.05, 0.1) is 18.1 Å². The lowest BCUT2D eigenvalue weighted by Gasteiger charge is -2.28. The van der Waals surface area contributed by atoms with Crippen LogP contribution in [0.3, 0.4) is 0 Å². The van der Waals surface area contributed by atoms with Crippen LogP contribution in [0.15, 0.2) is 0 Å². The maximum absolute atomic E-state index is 10.7. The largest absolute Gasteiger partial charge is 0.417 e. The molecule has 12 heteroatoms. The van der Waals surface area contributed by atoms with E-state index in [1.807, 2.05) is 19.6 Å². The summed E-state index contributed by atoms with van der Waals surface area (Å²) in [5.74, 6) is 0.00424. The molecular weight excluding hydrogens is 451 g/mol. The second-order valence-electron chi connectivity index (χ2n) is 9.57. The lowest BCUT2D eigenvalue weighted by Crippen LogP contribution is -2.55. The first-order chi connectivity index (χ1) is 11.5. The van der Waals surface area contributed by atoms with Crippen molar-refractivity contribution >= 4 is 44.5 Å². The Morgan fingerprint density at radius 3 is 1.18 bits per heavy atom. The van der Waals surface area contributed by atoms with Gasteiger partial charge in [0, 0.05) is 19.1 Å². The van der Waals surface area contributed by atoms with E-state index in [1.54, 1.807) is 0 Å². The molecule has 0 aliphatic carbocycles. The van der Waals surface area contributed by atoms with Crippen LogP contribution in [0.25, 0.3) is 0 Å². The van der Waals surface area contributed by atoms with Gasteiger partial charge in [0.15, 0.2) is 8.32 Å². The summed E-state index contributed by atoms with van der Waals surface area (Å²) < 4.78 is 50.5. The summed E-state index contributed by atoms with van der Waals surface area (Å²) in [7, 11) is -9.26. The molecule has 0 aromatic heterocycles. The first-order valence-electron chi connectivity index (χ1n) is 8.87. The first-order valence-corrected chi connectivity index (χ1v) is 23.4. The highest BCUT2D eigenvalue weighted by molar-refractivity contribution is 7.90. The summed E-state index contributed by atoms with van der Waals surface area (Å²) in [6.07, 6.45) is 2.31. The van der Waals surface area contributed by atoms with Gasteiger partial charge in [-0.2, -0.15) is 0 Å².